The van der Waals surface area contributed by atoms with Crippen LogP contribution >= 0.6 is 22.7 Å². The number of hydrogen-bond acceptors (Lipinski definition) is 4. The van der Waals surface area contributed by atoms with Crippen LogP contribution in [0, 0.1) is 18.8 Å². The molecule has 4 aromatic rings. The van der Waals surface area contributed by atoms with Gasteiger partial charge in [-0.1, -0.05) is 240 Å². The fraction of sp³-hybridized carbons (Fsp3) is 0.680. The van der Waals surface area contributed by atoms with Crippen LogP contribution in [0.2, 0.25) is 0 Å². The Hall–Kier alpha value is -2.44. The second-order valence-electron chi connectivity index (χ2n) is 25.5. The van der Waals surface area contributed by atoms with E-state index in [-0.39, 0.29) is 26.3 Å². The molecule has 8 heteroatoms. The van der Waals surface area contributed by atoms with Crippen molar-refractivity contribution >= 4 is 81.3 Å². The van der Waals surface area contributed by atoms with Gasteiger partial charge in [-0.15, -0.1) is 0 Å². The van der Waals surface area contributed by atoms with Gasteiger partial charge in [0.1, 0.15) is 0 Å². The molecule has 462 valence electrons. The monoisotopic (exact) mass is 1300 g/mol. The normalized spacial score (nSPS) is 14.5. The molecule has 0 aliphatic carbocycles. The molecule has 0 saturated carbocycles. The fourth-order valence-electron chi connectivity index (χ4n) is 13.0. The van der Waals surface area contributed by atoms with Gasteiger partial charge in [0, 0.05) is 0 Å². The zero-order valence-electron chi connectivity index (χ0n) is 53.7. The minimum absolute atomic E-state index is 0.0430. The van der Waals surface area contributed by atoms with E-state index < -0.39 is 0 Å². The van der Waals surface area contributed by atoms with E-state index in [1.165, 1.54) is 270 Å². The van der Waals surface area contributed by atoms with Crippen molar-refractivity contribution in [1.82, 2.24) is 9.80 Å². The summed E-state index contributed by atoms with van der Waals surface area (Å²) in [6.45, 7) is 15.0. The van der Waals surface area contributed by atoms with Crippen LogP contribution < -0.4 is 0 Å². The molecule has 6 rings (SSSR count). The zero-order valence-corrected chi connectivity index (χ0v) is 58.7. The first-order valence-corrected chi connectivity index (χ1v) is 39.9. The number of unbranched alkanes of at least 4 members (excludes halogenated alkanes) is 31. The van der Waals surface area contributed by atoms with Crippen LogP contribution in [-0.2, 0) is 9.59 Å². The van der Waals surface area contributed by atoms with Crippen LogP contribution in [0.5, 0.6) is 0 Å². The summed E-state index contributed by atoms with van der Waals surface area (Å²) in [5.41, 5.74) is 3.09. The molecular formula is C75H116N2O2S2Se2. The summed E-state index contributed by atoms with van der Waals surface area (Å²) in [4.78, 5) is 38.7. The molecule has 0 fully saturated rings. The number of nitrogens with zero attached hydrogens (tertiary/aromatic N) is 2. The summed E-state index contributed by atoms with van der Waals surface area (Å²) in [6.07, 6.45) is 60.1. The molecular weight excluding hydrogens is 1180 g/mol. The molecule has 2 aliphatic heterocycles. The third-order valence-corrected chi connectivity index (χ3v) is 25.5. The van der Waals surface area contributed by atoms with Gasteiger partial charge in [-0.3, -0.25) is 0 Å². The number of aryl methyl sites for hydroxylation is 1. The van der Waals surface area contributed by atoms with Gasteiger partial charge < -0.3 is 0 Å². The van der Waals surface area contributed by atoms with E-state index in [2.05, 4.69) is 95.3 Å². The molecule has 0 bridgehead atoms. The topological polar surface area (TPSA) is 40.6 Å². The SMILES string of the molecule is CCCCCCCCCCCCC(C)CCCCCCN1C(=O)C2=C(c3ccc(-c4ccc(/C=C/c5ccc(-c6ccc(C)s6)[se]5)[se]4)s3)N(CCCCCCC(CCCCCCCCCC)CCCCCCCCCCCC)C(=O)C2=C1C. The van der Waals surface area contributed by atoms with E-state index in [1.54, 1.807) is 11.3 Å². The molecule has 4 aromatic heterocycles. The summed E-state index contributed by atoms with van der Waals surface area (Å²) in [5.74, 6) is 1.75. The fourth-order valence-corrected chi connectivity index (χ4v) is 19.2. The van der Waals surface area contributed by atoms with E-state index in [4.69, 9.17) is 0 Å². The first-order valence-electron chi connectivity index (χ1n) is 34.9. The molecule has 6 heterocycles. The number of hydrogen-bond donors (Lipinski definition) is 0. The van der Waals surface area contributed by atoms with Crippen LogP contribution in [-0.4, -0.2) is 63.7 Å². The van der Waals surface area contributed by atoms with Crippen molar-refractivity contribution in [2.24, 2.45) is 11.8 Å². The van der Waals surface area contributed by atoms with E-state index in [9.17, 15) is 9.59 Å². The van der Waals surface area contributed by atoms with Crippen LogP contribution in [0.4, 0.5) is 0 Å². The number of carbonyl (C=O) groups excluding carboxylic acids is 2. The van der Waals surface area contributed by atoms with Gasteiger partial charge in [0.15, 0.2) is 0 Å². The molecule has 0 saturated heterocycles. The van der Waals surface area contributed by atoms with Crippen molar-refractivity contribution in [2.45, 2.75) is 305 Å². The zero-order chi connectivity index (χ0) is 58.7. The Morgan fingerprint density at radius 1 is 0.398 bits per heavy atom. The molecule has 83 heavy (non-hydrogen) atoms. The number of thiophene rings is 2. The van der Waals surface area contributed by atoms with Gasteiger partial charge in [-0.2, -0.15) is 0 Å². The third-order valence-electron chi connectivity index (χ3n) is 18.2. The Labute approximate surface area is 529 Å². The van der Waals surface area contributed by atoms with Crippen molar-refractivity contribution in [3.63, 3.8) is 0 Å². The first-order chi connectivity index (χ1) is 40.7. The second-order valence-corrected chi connectivity index (χ2v) is 32.5. The third kappa shape index (κ3) is 24.9. The van der Waals surface area contributed by atoms with Crippen LogP contribution in [0.25, 0.3) is 36.5 Å². The maximum atomic E-state index is 14.8. The number of amides is 2. The standard InChI is InChI=1S/C75H116N2O2S2Se2/c1-7-10-13-16-19-22-24-26-29-36-43-60(4)44-37-32-34-41-58-76-62(6)71-72(75(76)79)73(68-55-54-67(81-68)70-57-52-65(83-70)50-49-64-51-56-69(82-64)66-53-48-61(5)80-66)77(74(71)78)59-42-35-33-40-47-63(45-38-30-27-21-18-15-12-9-3)46-39-31-28-25-23-20-17-14-11-8-2/h48-57,60,63H,7-47,58-59H2,1-6H3/b50-49+. The minimum atomic E-state index is 0.0430. The van der Waals surface area contributed by atoms with E-state index in [0.29, 0.717) is 38.7 Å². The van der Waals surface area contributed by atoms with Gasteiger partial charge in [0.25, 0.3) is 0 Å². The molecule has 0 aromatic carbocycles. The summed E-state index contributed by atoms with van der Waals surface area (Å²) < 4.78 is 5.67. The molecule has 0 N–H and O–H groups in total. The molecule has 2 unspecified atom stereocenters. The summed E-state index contributed by atoms with van der Waals surface area (Å²) in [7, 11) is 0. The van der Waals surface area contributed by atoms with Crippen LogP contribution in [0.1, 0.15) is 317 Å². The van der Waals surface area contributed by atoms with Gasteiger partial charge in [0.2, 0.25) is 0 Å². The number of rotatable bonds is 50. The number of fused-ring (bicyclic) bond motifs is 1. The Bertz CT molecular complexity index is 2500. The van der Waals surface area contributed by atoms with Crippen molar-refractivity contribution in [1.29, 1.82) is 0 Å². The van der Waals surface area contributed by atoms with Crippen molar-refractivity contribution in [3.05, 3.63) is 84.0 Å². The predicted octanol–water partition coefficient (Wildman–Crippen LogP) is 23.7. The molecule has 2 atom stereocenters. The van der Waals surface area contributed by atoms with E-state index in [1.807, 2.05) is 28.1 Å². The van der Waals surface area contributed by atoms with E-state index >= 15 is 0 Å². The second kappa shape index (κ2) is 41.7. The average molecular weight is 1300 g/mol. The molecule has 2 amide bonds. The quantitative estimate of drug-likeness (QED) is 0.0327. The Balaban J connectivity index is 1.03. The molecule has 0 spiro atoms. The average Bonchev–Trinajstić information content (AvgIpc) is 3.81. The summed E-state index contributed by atoms with van der Waals surface area (Å²) >= 11 is 4.21. The van der Waals surface area contributed by atoms with Crippen LogP contribution in [0.15, 0.2) is 65.4 Å². The number of carbonyl (C=O) groups is 2. The van der Waals surface area contributed by atoms with Crippen molar-refractivity contribution in [3.8, 4) is 18.6 Å². The van der Waals surface area contributed by atoms with Crippen molar-refractivity contribution < 1.29 is 9.59 Å². The Morgan fingerprint density at radius 3 is 1.19 bits per heavy atom. The Morgan fingerprint density at radius 2 is 0.759 bits per heavy atom. The van der Waals surface area contributed by atoms with Crippen LogP contribution in [0.3, 0.4) is 0 Å². The number of allylic oxidation sites excluding steroid dienone is 1. The van der Waals surface area contributed by atoms with Crippen molar-refractivity contribution in [2.75, 3.05) is 13.1 Å². The predicted molar refractivity (Wildman–Crippen MR) is 369 cm³/mol. The Kier molecular flexibility index (Phi) is 35.0. The molecule has 0 radical (unpaired) electrons. The molecule has 2 aliphatic rings. The molecule has 4 nitrogen and oxygen atoms in total. The summed E-state index contributed by atoms with van der Waals surface area (Å²) in [6, 6.07) is 18.2. The first kappa shape index (κ1) is 69.7. The summed E-state index contributed by atoms with van der Waals surface area (Å²) in [5, 5.41) is 0. The van der Waals surface area contributed by atoms with Gasteiger partial charge in [0.05, 0.1) is 0 Å². The van der Waals surface area contributed by atoms with E-state index in [0.717, 1.165) is 53.8 Å². The van der Waals surface area contributed by atoms with Gasteiger partial charge >= 0.3 is 282 Å². The maximum absolute atomic E-state index is 14.8. The van der Waals surface area contributed by atoms with Gasteiger partial charge in [-0.05, 0) is 11.8 Å². The van der Waals surface area contributed by atoms with Gasteiger partial charge in [-0.25, -0.2) is 0 Å².